The maximum Gasteiger partial charge on any atom is 0.0677 e. The zero-order chi connectivity index (χ0) is 14.7. The predicted molar refractivity (Wildman–Crippen MR) is 84.9 cm³/mol. The topological polar surface area (TPSA) is 29.9 Å². The van der Waals surface area contributed by atoms with Crippen LogP contribution in [0.25, 0.3) is 0 Å². The lowest BCUT2D eigenvalue weighted by Gasteiger charge is -2.08. The number of aromatic nitrogens is 2. The van der Waals surface area contributed by atoms with Crippen molar-refractivity contribution in [3.05, 3.63) is 50.8 Å². The molecular formula is C15H19Cl2N3. The van der Waals surface area contributed by atoms with E-state index in [2.05, 4.69) is 17.3 Å². The average molecular weight is 312 g/mol. The van der Waals surface area contributed by atoms with E-state index in [0.29, 0.717) is 11.6 Å². The molecule has 0 unspecified atom stereocenters. The Bertz CT molecular complexity index is 605. The molecule has 0 radical (unpaired) electrons. The molecule has 0 bridgehead atoms. The first kappa shape index (κ1) is 15.4. The van der Waals surface area contributed by atoms with E-state index < -0.39 is 0 Å². The number of nitrogens with one attached hydrogen (secondary N) is 1. The highest BCUT2D eigenvalue weighted by molar-refractivity contribution is 6.33. The van der Waals surface area contributed by atoms with Crippen LogP contribution in [-0.4, -0.2) is 23.4 Å². The fraction of sp³-hybridized carbons (Fsp3) is 0.400. The summed E-state index contributed by atoms with van der Waals surface area (Å²) in [6.45, 7) is 5.74. The minimum atomic E-state index is 0.644. The van der Waals surface area contributed by atoms with Gasteiger partial charge < -0.3 is 5.32 Å². The van der Waals surface area contributed by atoms with Gasteiger partial charge >= 0.3 is 0 Å². The first-order chi connectivity index (χ1) is 9.52. The van der Waals surface area contributed by atoms with Crippen molar-refractivity contribution in [1.29, 1.82) is 0 Å². The Labute approximate surface area is 129 Å². The minimum absolute atomic E-state index is 0.644. The van der Waals surface area contributed by atoms with Crippen molar-refractivity contribution in [1.82, 2.24) is 15.1 Å². The number of likely N-dealkylation sites (N-methyl/N-ethyl adjacent to an activating group) is 1. The summed E-state index contributed by atoms with van der Waals surface area (Å²) in [6.07, 6.45) is 0.984. The van der Waals surface area contributed by atoms with Crippen LogP contribution in [0.3, 0.4) is 0 Å². The van der Waals surface area contributed by atoms with Crippen LogP contribution < -0.4 is 5.32 Å². The molecule has 0 atom stereocenters. The van der Waals surface area contributed by atoms with Gasteiger partial charge in [-0.25, -0.2) is 0 Å². The van der Waals surface area contributed by atoms with Crippen LogP contribution in [0.5, 0.6) is 0 Å². The number of aryl methyl sites for hydroxylation is 1. The lowest BCUT2D eigenvalue weighted by molar-refractivity contribution is 0.657. The van der Waals surface area contributed by atoms with E-state index in [1.54, 1.807) is 6.07 Å². The number of nitrogens with zero attached hydrogens (tertiary/aromatic N) is 2. The van der Waals surface area contributed by atoms with Crippen molar-refractivity contribution in [2.75, 3.05) is 13.6 Å². The van der Waals surface area contributed by atoms with Crippen LogP contribution in [0, 0.1) is 13.8 Å². The molecule has 1 N–H and O–H groups in total. The predicted octanol–water partition coefficient (Wildman–Crippen LogP) is 3.62. The molecule has 0 saturated heterocycles. The zero-order valence-corrected chi connectivity index (χ0v) is 13.5. The standard InChI is InChI=1S/C15H19Cl2N3/c1-10-14(6-7-18-3)11(2)20(19-10)9-12-8-13(16)4-5-15(12)17/h4-5,8,18H,6-7,9H2,1-3H3. The van der Waals surface area contributed by atoms with Crippen molar-refractivity contribution < 1.29 is 0 Å². The third-order valence-electron chi connectivity index (χ3n) is 3.48. The third kappa shape index (κ3) is 3.35. The summed E-state index contributed by atoms with van der Waals surface area (Å²) < 4.78 is 2.00. The molecule has 0 aliphatic carbocycles. The zero-order valence-electron chi connectivity index (χ0n) is 12.0. The van der Waals surface area contributed by atoms with Crippen LogP contribution >= 0.6 is 23.2 Å². The second kappa shape index (κ2) is 6.61. The van der Waals surface area contributed by atoms with Gasteiger partial charge in [0.25, 0.3) is 0 Å². The Morgan fingerprint density at radius 2 is 2.00 bits per heavy atom. The van der Waals surface area contributed by atoms with Gasteiger partial charge in [0.15, 0.2) is 0 Å². The molecule has 20 heavy (non-hydrogen) atoms. The van der Waals surface area contributed by atoms with E-state index in [1.807, 2.05) is 30.8 Å². The highest BCUT2D eigenvalue weighted by Crippen LogP contribution is 2.23. The monoisotopic (exact) mass is 311 g/mol. The van der Waals surface area contributed by atoms with Gasteiger partial charge in [-0.3, -0.25) is 4.68 Å². The molecule has 1 aromatic carbocycles. The van der Waals surface area contributed by atoms with Crippen molar-refractivity contribution in [3.8, 4) is 0 Å². The molecule has 0 amide bonds. The van der Waals surface area contributed by atoms with Gasteiger partial charge in [-0.1, -0.05) is 23.2 Å². The van der Waals surface area contributed by atoms with E-state index in [1.165, 1.54) is 11.3 Å². The van der Waals surface area contributed by atoms with Gasteiger partial charge in [-0.15, -0.1) is 0 Å². The SMILES string of the molecule is CNCCc1c(C)nn(Cc2cc(Cl)ccc2Cl)c1C. The van der Waals surface area contributed by atoms with E-state index in [9.17, 15) is 0 Å². The van der Waals surface area contributed by atoms with Crippen LogP contribution in [0.2, 0.25) is 10.0 Å². The fourth-order valence-corrected chi connectivity index (χ4v) is 2.70. The number of rotatable bonds is 5. The molecule has 1 heterocycles. The molecule has 0 fully saturated rings. The van der Waals surface area contributed by atoms with Gasteiger partial charge in [-0.2, -0.15) is 5.10 Å². The van der Waals surface area contributed by atoms with Gasteiger partial charge in [0, 0.05) is 15.7 Å². The highest BCUT2D eigenvalue weighted by atomic mass is 35.5. The molecule has 3 nitrogen and oxygen atoms in total. The quantitative estimate of drug-likeness (QED) is 0.914. The largest absolute Gasteiger partial charge is 0.319 e. The van der Waals surface area contributed by atoms with Crippen LogP contribution in [-0.2, 0) is 13.0 Å². The summed E-state index contributed by atoms with van der Waals surface area (Å²) in [4.78, 5) is 0. The van der Waals surface area contributed by atoms with E-state index in [-0.39, 0.29) is 0 Å². The Morgan fingerprint density at radius 1 is 1.25 bits per heavy atom. The molecule has 2 aromatic rings. The smallest absolute Gasteiger partial charge is 0.0677 e. The van der Waals surface area contributed by atoms with Crippen LogP contribution in [0.15, 0.2) is 18.2 Å². The number of benzene rings is 1. The van der Waals surface area contributed by atoms with E-state index in [4.69, 9.17) is 23.2 Å². The maximum absolute atomic E-state index is 6.22. The summed E-state index contributed by atoms with van der Waals surface area (Å²) in [5.41, 5.74) is 4.56. The fourth-order valence-electron chi connectivity index (χ4n) is 2.33. The summed E-state index contributed by atoms with van der Waals surface area (Å²) in [5, 5.41) is 9.20. The molecular weight excluding hydrogens is 293 g/mol. The molecule has 0 saturated carbocycles. The second-order valence-corrected chi connectivity index (χ2v) is 5.74. The normalized spacial score (nSPS) is 11.1. The molecule has 0 aliphatic rings. The van der Waals surface area contributed by atoms with Gasteiger partial charge in [0.05, 0.1) is 12.2 Å². The third-order valence-corrected chi connectivity index (χ3v) is 4.09. The lowest BCUT2D eigenvalue weighted by Crippen LogP contribution is -2.11. The minimum Gasteiger partial charge on any atom is -0.319 e. The van der Waals surface area contributed by atoms with Crippen molar-refractivity contribution in [2.24, 2.45) is 0 Å². The molecule has 108 valence electrons. The summed E-state index contributed by atoms with van der Waals surface area (Å²) in [7, 11) is 1.96. The molecule has 2 rings (SSSR count). The van der Waals surface area contributed by atoms with Crippen molar-refractivity contribution in [2.45, 2.75) is 26.8 Å². The van der Waals surface area contributed by atoms with Crippen LogP contribution in [0.1, 0.15) is 22.5 Å². The van der Waals surface area contributed by atoms with Crippen molar-refractivity contribution in [3.63, 3.8) is 0 Å². The first-order valence-electron chi connectivity index (χ1n) is 6.64. The number of hydrogen-bond acceptors (Lipinski definition) is 2. The number of halogens is 2. The Hall–Kier alpha value is -1.03. The summed E-state index contributed by atoms with van der Waals surface area (Å²) >= 11 is 12.3. The lowest BCUT2D eigenvalue weighted by atomic mass is 10.1. The van der Waals surface area contributed by atoms with Crippen molar-refractivity contribution >= 4 is 23.2 Å². The van der Waals surface area contributed by atoms with Gasteiger partial charge in [-0.05, 0) is 63.2 Å². The Kier molecular flexibility index (Phi) is 5.08. The summed E-state index contributed by atoms with van der Waals surface area (Å²) in [6, 6.07) is 5.52. The molecule has 0 aliphatic heterocycles. The average Bonchev–Trinajstić information content (AvgIpc) is 2.67. The number of hydrogen-bond donors (Lipinski definition) is 1. The Morgan fingerprint density at radius 3 is 2.70 bits per heavy atom. The Balaban J connectivity index is 2.27. The molecule has 5 heteroatoms. The first-order valence-corrected chi connectivity index (χ1v) is 7.40. The van der Waals surface area contributed by atoms with E-state index >= 15 is 0 Å². The maximum atomic E-state index is 6.22. The highest BCUT2D eigenvalue weighted by Gasteiger charge is 2.12. The van der Waals surface area contributed by atoms with Crippen LogP contribution in [0.4, 0.5) is 0 Å². The molecule has 1 aromatic heterocycles. The van der Waals surface area contributed by atoms with E-state index in [0.717, 1.165) is 29.2 Å². The second-order valence-electron chi connectivity index (χ2n) is 4.90. The summed E-state index contributed by atoms with van der Waals surface area (Å²) in [5.74, 6) is 0. The van der Waals surface area contributed by atoms with Gasteiger partial charge in [0.2, 0.25) is 0 Å². The van der Waals surface area contributed by atoms with Gasteiger partial charge in [0.1, 0.15) is 0 Å². The molecule has 0 spiro atoms.